The summed E-state index contributed by atoms with van der Waals surface area (Å²) in [5, 5.41) is 9.33. The first-order valence-electron chi connectivity index (χ1n) is 6.74. The lowest BCUT2D eigenvalue weighted by Crippen LogP contribution is -2.35. The maximum atomic E-state index is 12.7. The molecule has 120 valence electrons. The summed E-state index contributed by atoms with van der Waals surface area (Å²) in [5.41, 5.74) is 0.395. The number of hydrogen-bond acceptors (Lipinski definition) is 5. The van der Waals surface area contributed by atoms with Gasteiger partial charge in [-0.3, -0.25) is 0 Å². The van der Waals surface area contributed by atoms with Crippen molar-refractivity contribution in [2.24, 2.45) is 0 Å². The van der Waals surface area contributed by atoms with E-state index in [9.17, 15) is 13.5 Å². The van der Waals surface area contributed by atoms with Crippen molar-refractivity contribution < 1.29 is 23.0 Å². The van der Waals surface area contributed by atoms with E-state index < -0.39 is 10.0 Å². The van der Waals surface area contributed by atoms with Crippen LogP contribution >= 0.6 is 0 Å². The van der Waals surface area contributed by atoms with Crippen LogP contribution in [-0.2, 0) is 26.1 Å². The summed E-state index contributed by atoms with van der Waals surface area (Å²) in [7, 11) is -0.551. The summed E-state index contributed by atoms with van der Waals surface area (Å²) in [6.07, 6.45) is 0.598. The van der Waals surface area contributed by atoms with Gasteiger partial charge in [-0.05, 0) is 18.1 Å². The molecule has 0 aliphatic heterocycles. The van der Waals surface area contributed by atoms with E-state index in [4.69, 9.17) is 9.47 Å². The van der Waals surface area contributed by atoms with Crippen LogP contribution in [0.15, 0.2) is 29.2 Å². The Morgan fingerprint density at radius 2 is 1.76 bits per heavy atom. The highest BCUT2D eigenvalue weighted by Gasteiger charge is 2.25. The molecule has 0 aliphatic rings. The minimum atomic E-state index is -3.66. The number of ether oxygens (including phenoxy) is 2. The van der Waals surface area contributed by atoms with Crippen molar-refractivity contribution in [3.63, 3.8) is 0 Å². The van der Waals surface area contributed by atoms with Crippen molar-refractivity contribution in [3.8, 4) is 0 Å². The van der Waals surface area contributed by atoms with Gasteiger partial charge in [0.2, 0.25) is 10.0 Å². The molecule has 0 bridgehead atoms. The summed E-state index contributed by atoms with van der Waals surface area (Å²) >= 11 is 0. The molecule has 0 amide bonds. The maximum absolute atomic E-state index is 12.7. The SMILES string of the molecule is COCCCN(CCOC)S(=O)(=O)c1ccccc1CO. The van der Waals surface area contributed by atoms with Crippen molar-refractivity contribution in [3.05, 3.63) is 29.8 Å². The second-order valence-electron chi connectivity index (χ2n) is 4.51. The van der Waals surface area contributed by atoms with Crippen LogP contribution in [0.3, 0.4) is 0 Å². The Morgan fingerprint density at radius 1 is 1.10 bits per heavy atom. The molecule has 0 fully saturated rings. The Kier molecular flexibility index (Phi) is 7.84. The van der Waals surface area contributed by atoms with E-state index in [2.05, 4.69) is 0 Å². The summed E-state index contributed by atoms with van der Waals surface area (Å²) in [5.74, 6) is 0. The number of rotatable bonds is 10. The Morgan fingerprint density at radius 3 is 2.38 bits per heavy atom. The van der Waals surface area contributed by atoms with Gasteiger partial charge in [0.15, 0.2) is 0 Å². The molecule has 1 aromatic rings. The Bertz CT molecular complexity index is 518. The molecular formula is C14H23NO5S. The minimum absolute atomic E-state index is 0.140. The molecule has 6 nitrogen and oxygen atoms in total. The molecule has 21 heavy (non-hydrogen) atoms. The predicted molar refractivity (Wildman–Crippen MR) is 79.5 cm³/mol. The average molecular weight is 317 g/mol. The van der Waals surface area contributed by atoms with Gasteiger partial charge in [0.25, 0.3) is 0 Å². The van der Waals surface area contributed by atoms with Gasteiger partial charge in [-0.1, -0.05) is 18.2 Å². The van der Waals surface area contributed by atoms with Gasteiger partial charge in [-0.25, -0.2) is 8.42 Å². The number of hydrogen-bond donors (Lipinski definition) is 1. The van der Waals surface area contributed by atoms with Crippen LogP contribution < -0.4 is 0 Å². The smallest absolute Gasteiger partial charge is 0.243 e. The maximum Gasteiger partial charge on any atom is 0.243 e. The zero-order chi connectivity index (χ0) is 15.7. The Balaban J connectivity index is 3.01. The van der Waals surface area contributed by atoms with E-state index in [0.717, 1.165) is 0 Å². The lowest BCUT2D eigenvalue weighted by Gasteiger charge is -2.23. The van der Waals surface area contributed by atoms with Gasteiger partial charge in [-0.15, -0.1) is 0 Å². The molecule has 0 saturated carbocycles. The molecule has 0 atom stereocenters. The monoisotopic (exact) mass is 317 g/mol. The van der Waals surface area contributed by atoms with Crippen molar-refractivity contribution in [2.75, 3.05) is 40.5 Å². The number of nitrogens with zero attached hydrogens (tertiary/aromatic N) is 1. The van der Waals surface area contributed by atoms with Gasteiger partial charge >= 0.3 is 0 Å². The highest BCUT2D eigenvalue weighted by atomic mass is 32.2. The highest BCUT2D eigenvalue weighted by Crippen LogP contribution is 2.20. The van der Waals surface area contributed by atoms with Crippen molar-refractivity contribution in [1.82, 2.24) is 4.31 Å². The van der Waals surface area contributed by atoms with E-state index in [1.54, 1.807) is 25.3 Å². The number of methoxy groups -OCH3 is 2. The van der Waals surface area contributed by atoms with Crippen molar-refractivity contribution in [1.29, 1.82) is 0 Å². The molecular weight excluding hydrogens is 294 g/mol. The zero-order valence-corrected chi connectivity index (χ0v) is 13.3. The van der Waals surface area contributed by atoms with Crippen LogP contribution in [0.2, 0.25) is 0 Å². The van der Waals surface area contributed by atoms with Crippen molar-refractivity contribution in [2.45, 2.75) is 17.9 Å². The number of sulfonamides is 1. The lowest BCUT2D eigenvalue weighted by atomic mass is 10.2. The molecule has 0 aliphatic carbocycles. The van der Waals surface area contributed by atoms with Gasteiger partial charge in [0.05, 0.1) is 18.1 Å². The molecule has 1 rings (SSSR count). The predicted octanol–water partition coefficient (Wildman–Crippen LogP) is 0.852. The topological polar surface area (TPSA) is 76.1 Å². The van der Waals surface area contributed by atoms with Crippen LogP contribution in [0, 0.1) is 0 Å². The van der Waals surface area contributed by atoms with Crippen LogP contribution in [0.1, 0.15) is 12.0 Å². The van der Waals surface area contributed by atoms with Crippen LogP contribution in [-0.4, -0.2) is 58.4 Å². The minimum Gasteiger partial charge on any atom is -0.392 e. The van der Waals surface area contributed by atoms with Gasteiger partial charge in [-0.2, -0.15) is 4.31 Å². The first-order valence-corrected chi connectivity index (χ1v) is 8.18. The van der Waals surface area contributed by atoms with Crippen LogP contribution in [0.5, 0.6) is 0 Å². The van der Waals surface area contributed by atoms with E-state index in [1.807, 2.05) is 0 Å². The van der Waals surface area contributed by atoms with E-state index in [-0.39, 0.29) is 18.0 Å². The zero-order valence-electron chi connectivity index (χ0n) is 12.5. The van der Waals surface area contributed by atoms with E-state index >= 15 is 0 Å². The van der Waals surface area contributed by atoms with Gasteiger partial charge in [0.1, 0.15) is 0 Å². The first kappa shape index (κ1) is 18.1. The second-order valence-corrected chi connectivity index (χ2v) is 6.42. The third kappa shape index (κ3) is 5.05. The molecule has 0 radical (unpaired) electrons. The van der Waals surface area contributed by atoms with Crippen molar-refractivity contribution >= 4 is 10.0 Å². The number of benzene rings is 1. The highest BCUT2D eigenvalue weighted by molar-refractivity contribution is 7.89. The lowest BCUT2D eigenvalue weighted by molar-refractivity contribution is 0.164. The standard InChI is InChI=1S/C14H23NO5S/c1-19-10-5-8-15(9-11-20-2)21(17,18)14-7-4-3-6-13(14)12-16/h3-4,6-7,16H,5,8-12H2,1-2H3. The van der Waals surface area contributed by atoms with Gasteiger partial charge < -0.3 is 14.6 Å². The number of aliphatic hydroxyl groups is 1. The fraction of sp³-hybridized carbons (Fsp3) is 0.571. The molecule has 0 saturated heterocycles. The summed E-state index contributed by atoms with van der Waals surface area (Å²) in [6.45, 7) is 1.10. The molecule has 0 unspecified atom stereocenters. The Labute approximate surface area is 126 Å². The second kappa shape index (κ2) is 9.11. The van der Waals surface area contributed by atoms with Crippen LogP contribution in [0.25, 0.3) is 0 Å². The van der Waals surface area contributed by atoms with E-state index in [1.165, 1.54) is 17.5 Å². The largest absolute Gasteiger partial charge is 0.392 e. The summed E-state index contributed by atoms with van der Waals surface area (Å²) < 4.78 is 36.8. The van der Waals surface area contributed by atoms with E-state index in [0.29, 0.717) is 31.7 Å². The molecule has 0 heterocycles. The average Bonchev–Trinajstić information content (AvgIpc) is 2.50. The first-order chi connectivity index (χ1) is 10.1. The fourth-order valence-corrected chi connectivity index (χ4v) is 3.63. The molecule has 7 heteroatoms. The van der Waals surface area contributed by atoms with Gasteiger partial charge in [0, 0.05) is 33.9 Å². The Hall–Kier alpha value is -0.990. The molecule has 0 aromatic heterocycles. The third-order valence-electron chi connectivity index (χ3n) is 3.06. The summed E-state index contributed by atoms with van der Waals surface area (Å²) in [6, 6.07) is 6.47. The summed E-state index contributed by atoms with van der Waals surface area (Å²) in [4.78, 5) is 0.140. The van der Waals surface area contributed by atoms with Crippen LogP contribution in [0.4, 0.5) is 0 Å². The molecule has 0 spiro atoms. The number of aliphatic hydroxyl groups excluding tert-OH is 1. The quantitative estimate of drug-likeness (QED) is 0.648. The molecule has 1 aromatic carbocycles. The normalized spacial score (nSPS) is 12.0. The molecule has 1 N–H and O–H groups in total. The fourth-order valence-electron chi connectivity index (χ4n) is 1.96. The third-order valence-corrected chi connectivity index (χ3v) is 5.06.